The Morgan fingerprint density at radius 1 is 1.53 bits per heavy atom. The lowest BCUT2D eigenvalue weighted by molar-refractivity contribution is 0.570. The smallest absolute Gasteiger partial charge is 0.240 e. The monoisotopic (exact) mass is 232 g/mol. The number of nitrogens with one attached hydrogen (secondary N) is 1. The molecule has 84 valence electrons. The van der Waals surface area contributed by atoms with Crippen LogP contribution in [0.2, 0.25) is 0 Å². The Balaban J connectivity index is 2.87. The molecule has 4 nitrogen and oxygen atoms in total. The van der Waals surface area contributed by atoms with Crippen LogP contribution in [-0.2, 0) is 10.0 Å². The molecule has 0 spiro atoms. The van der Waals surface area contributed by atoms with E-state index in [1.54, 1.807) is 6.92 Å². The second-order valence-corrected chi connectivity index (χ2v) is 5.05. The highest BCUT2D eigenvalue weighted by atomic mass is 32.2. The largest absolute Gasteiger partial charge is 0.327 e. The van der Waals surface area contributed by atoms with E-state index in [9.17, 15) is 12.8 Å². The van der Waals surface area contributed by atoms with Crippen LogP contribution in [0.4, 0.5) is 4.39 Å². The van der Waals surface area contributed by atoms with Crippen molar-refractivity contribution < 1.29 is 12.8 Å². The Morgan fingerprint density at radius 2 is 2.20 bits per heavy atom. The molecule has 0 radical (unpaired) electrons. The fourth-order valence-corrected chi connectivity index (χ4v) is 2.13. The average molecular weight is 232 g/mol. The Bertz CT molecular complexity index is 431. The summed E-state index contributed by atoms with van der Waals surface area (Å²) in [6.45, 7) is 1.80. The first-order valence-corrected chi connectivity index (χ1v) is 5.91. The molecule has 0 saturated heterocycles. The second kappa shape index (κ2) is 4.69. The Kier molecular flexibility index (Phi) is 3.78. The zero-order valence-corrected chi connectivity index (χ0v) is 9.09. The van der Waals surface area contributed by atoms with Gasteiger partial charge in [-0.3, -0.25) is 0 Å². The molecule has 1 rings (SSSR count). The number of hydrogen-bond donors (Lipinski definition) is 2. The van der Waals surface area contributed by atoms with Crippen LogP contribution >= 0.6 is 0 Å². The minimum absolute atomic E-state index is 0.0943. The molecule has 0 aliphatic rings. The maximum absolute atomic E-state index is 12.8. The third-order valence-corrected chi connectivity index (χ3v) is 3.12. The van der Waals surface area contributed by atoms with E-state index in [0.717, 1.165) is 6.07 Å². The Labute approximate surface area is 88.3 Å². The lowest BCUT2D eigenvalue weighted by atomic mass is 10.4. The molecule has 0 bridgehead atoms. The zero-order chi connectivity index (χ0) is 11.5. The van der Waals surface area contributed by atoms with Crippen molar-refractivity contribution in [3.63, 3.8) is 0 Å². The summed E-state index contributed by atoms with van der Waals surface area (Å²) in [5.41, 5.74) is 5.41. The summed E-state index contributed by atoms with van der Waals surface area (Å²) in [7, 11) is -3.65. The van der Waals surface area contributed by atoms with Gasteiger partial charge in [0.1, 0.15) is 5.82 Å². The maximum Gasteiger partial charge on any atom is 0.240 e. The second-order valence-electron chi connectivity index (χ2n) is 3.29. The van der Waals surface area contributed by atoms with Gasteiger partial charge < -0.3 is 5.73 Å². The Morgan fingerprint density at radius 3 is 2.73 bits per heavy atom. The van der Waals surface area contributed by atoms with Gasteiger partial charge in [-0.05, 0) is 25.1 Å². The van der Waals surface area contributed by atoms with Gasteiger partial charge in [0, 0.05) is 12.6 Å². The van der Waals surface area contributed by atoms with Crippen molar-refractivity contribution in [3.8, 4) is 0 Å². The highest BCUT2D eigenvalue weighted by Crippen LogP contribution is 2.09. The van der Waals surface area contributed by atoms with E-state index in [0.29, 0.717) is 0 Å². The number of sulfonamides is 1. The van der Waals surface area contributed by atoms with Crippen LogP contribution in [0.5, 0.6) is 0 Å². The van der Waals surface area contributed by atoms with Crippen molar-refractivity contribution in [2.24, 2.45) is 5.73 Å². The summed E-state index contributed by atoms with van der Waals surface area (Å²) in [6, 6.07) is 4.53. The number of hydrogen-bond acceptors (Lipinski definition) is 3. The molecule has 3 N–H and O–H groups in total. The third kappa shape index (κ3) is 3.58. The number of halogens is 1. The average Bonchev–Trinajstić information content (AvgIpc) is 2.15. The maximum atomic E-state index is 12.8. The highest BCUT2D eigenvalue weighted by Gasteiger charge is 2.14. The summed E-state index contributed by atoms with van der Waals surface area (Å²) < 4.78 is 38.2. The molecule has 0 aromatic heterocycles. The predicted octanol–water partition coefficient (Wildman–Crippen LogP) is 0.451. The van der Waals surface area contributed by atoms with Crippen molar-refractivity contribution in [2.45, 2.75) is 17.9 Å². The molecule has 1 atom stereocenters. The van der Waals surface area contributed by atoms with Crippen LogP contribution in [0.1, 0.15) is 6.92 Å². The molecule has 0 aliphatic carbocycles. The van der Waals surface area contributed by atoms with Crippen LogP contribution in [0.15, 0.2) is 29.2 Å². The summed E-state index contributed by atoms with van der Waals surface area (Å²) in [5.74, 6) is -0.585. The van der Waals surface area contributed by atoms with E-state index in [4.69, 9.17) is 5.73 Å². The molecular formula is C9H13FN2O2S. The molecule has 0 saturated carbocycles. The van der Waals surface area contributed by atoms with Gasteiger partial charge in [0.15, 0.2) is 0 Å². The van der Waals surface area contributed by atoms with Crippen LogP contribution in [0, 0.1) is 5.82 Å². The van der Waals surface area contributed by atoms with Gasteiger partial charge in [-0.1, -0.05) is 6.07 Å². The van der Waals surface area contributed by atoms with Crippen molar-refractivity contribution in [2.75, 3.05) is 6.54 Å². The number of nitrogens with two attached hydrogens (primary N) is 1. The van der Waals surface area contributed by atoms with E-state index >= 15 is 0 Å². The molecule has 1 aromatic rings. The topological polar surface area (TPSA) is 72.2 Å². The van der Waals surface area contributed by atoms with Crippen molar-refractivity contribution in [1.29, 1.82) is 0 Å². The minimum Gasteiger partial charge on any atom is -0.327 e. The van der Waals surface area contributed by atoms with E-state index in [1.807, 2.05) is 0 Å². The fraction of sp³-hybridized carbons (Fsp3) is 0.333. The summed E-state index contributed by atoms with van der Waals surface area (Å²) >= 11 is 0. The molecule has 15 heavy (non-hydrogen) atoms. The van der Waals surface area contributed by atoms with Gasteiger partial charge >= 0.3 is 0 Å². The molecule has 1 aromatic carbocycles. The molecule has 0 fully saturated rings. The van der Waals surface area contributed by atoms with Gasteiger partial charge in [-0.15, -0.1) is 0 Å². The van der Waals surface area contributed by atoms with Gasteiger partial charge in [0.2, 0.25) is 10.0 Å². The first-order valence-electron chi connectivity index (χ1n) is 4.42. The number of rotatable bonds is 4. The van der Waals surface area contributed by atoms with Gasteiger partial charge in [0.25, 0.3) is 0 Å². The minimum atomic E-state index is -3.65. The number of benzene rings is 1. The van der Waals surface area contributed by atoms with Gasteiger partial charge in [-0.2, -0.15) is 0 Å². The predicted molar refractivity (Wildman–Crippen MR) is 55.2 cm³/mol. The summed E-state index contributed by atoms with van der Waals surface area (Å²) in [4.78, 5) is -0.0943. The van der Waals surface area contributed by atoms with Crippen molar-refractivity contribution in [1.82, 2.24) is 4.72 Å². The summed E-state index contributed by atoms with van der Waals surface area (Å²) in [6.07, 6.45) is 0. The molecule has 1 unspecified atom stereocenters. The normalized spacial score (nSPS) is 13.8. The van der Waals surface area contributed by atoms with E-state index in [-0.39, 0.29) is 17.5 Å². The fourth-order valence-electron chi connectivity index (χ4n) is 0.959. The van der Waals surface area contributed by atoms with Gasteiger partial charge in [0.05, 0.1) is 4.90 Å². The SMILES string of the molecule is CC(N)CNS(=O)(=O)c1cccc(F)c1. The van der Waals surface area contributed by atoms with E-state index in [1.165, 1.54) is 18.2 Å². The molecule has 0 heterocycles. The van der Waals surface area contributed by atoms with Crippen LogP contribution in [-0.4, -0.2) is 21.0 Å². The molecule has 0 aliphatic heterocycles. The van der Waals surface area contributed by atoms with Gasteiger partial charge in [-0.25, -0.2) is 17.5 Å². The lowest BCUT2D eigenvalue weighted by Gasteiger charge is -2.08. The van der Waals surface area contributed by atoms with Crippen LogP contribution in [0.25, 0.3) is 0 Å². The zero-order valence-electron chi connectivity index (χ0n) is 8.27. The van der Waals surface area contributed by atoms with Crippen molar-refractivity contribution in [3.05, 3.63) is 30.1 Å². The summed E-state index contributed by atoms with van der Waals surface area (Å²) in [5, 5.41) is 0. The molecule has 6 heteroatoms. The first kappa shape index (κ1) is 12.1. The lowest BCUT2D eigenvalue weighted by Crippen LogP contribution is -2.35. The van der Waals surface area contributed by atoms with Crippen molar-refractivity contribution >= 4 is 10.0 Å². The highest BCUT2D eigenvalue weighted by molar-refractivity contribution is 7.89. The quantitative estimate of drug-likeness (QED) is 0.791. The standard InChI is InChI=1S/C9H13FN2O2S/c1-7(11)6-12-15(13,14)9-4-2-3-8(10)5-9/h2-5,7,12H,6,11H2,1H3. The Hall–Kier alpha value is -0.980. The van der Waals surface area contributed by atoms with Crippen LogP contribution < -0.4 is 10.5 Å². The van der Waals surface area contributed by atoms with E-state index < -0.39 is 15.8 Å². The van der Waals surface area contributed by atoms with Crippen LogP contribution in [0.3, 0.4) is 0 Å². The first-order chi connectivity index (χ1) is 6.92. The molecular weight excluding hydrogens is 219 g/mol. The van der Waals surface area contributed by atoms with E-state index in [2.05, 4.69) is 4.72 Å². The third-order valence-electron chi connectivity index (χ3n) is 1.70. The molecule has 0 amide bonds.